The highest BCUT2D eigenvalue weighted by Gasteiger charge is 2.08. The second-order valence-corrected chi connectivity index (χ2v) is 4.53. The molecule has 0 aliphatic heterocycles. The minimum Gasteiger partial charge on any atom is -0.418 e. The van der Waals surface area contributed by atoms with E-state index in [4.69, 9.17) is 10.2 Å². The van der Waals surface area contributed by atoms with Crippen LogP contribution in [0.1, 0.15) is 0 Å². The van der Waals surface area contributed by atoms with Gasteiger partial charge in [0.05, 0.1) is 11.9 Å². The number of benzene rings is 1. The quantitative estimate of drug-likeness (QED) is 0.747. The maximum Gasteiger partial charge on any atom is 0.247 e. The number of pyridine rings is 1. The number of nitrogen functional groups attached to an aromatic ring is 1. The number of oxazole rings is 1. The number of fused-ring (bicyclic) bond motifs is 1. The molecule has 2 heterocycles. The minimum absolute atomic E-state index is 0.497. The molecule has 0 atom stereocenters. The molecule has 5 heteroatoms. The fraction of sp³-hybridized carbons (Fsp3) is 0. The number of rotatable bonds is 1. The molecule has 17 heavy (non-hydrogen) atoms. The highest BCUT2D eigenvalue weighted by Crippen LogP contribution is 2.25. The fourth-order valence-electron chi connectivity index (χ4n) is 1.55. The van der Waals surface area contributed by atoms with Crippen LogP contribution < -0.4 is 5.73 Å². The molecule has 0 saturated carbocycles. The van der Waals surface area contributed by atoms with Crippen molar-refractivity contribution in [1.82, 2.24) is 9.97 Å². The molecule has 4 nitrogen and oxygen atoms in total. The van der Waals surface area contributed by atoms with Crippen molar-refractivity contribution in [2.24, 2.45) is 0 Å². The Hall–Kier alpha value is -1.88. The lowest BCUT2D eigenvalue weighted by molar-refractivity contribution is 0.608. The Bertz CT molecular complexity index is 676. The van der Waals surface area contributed by atoms with Crippen LogP contribution >= 0.6 is 15.9 Å². The normalized spacial score (nSPS) is 10.9. The van der Waals surface area contributed by atoms with Crippen molar-refractivity contribution >= 4 is 32.8 Å². The van der Waals surface area contributed by atoms with Gasteiger partial charge in [0, 0.05) is 10.0 Å². The Morgan fingerprint density at radius 1 is 1.18 bits per heavy atom. The molecular formula is C12H8BrN3O. The van der Waals surface area contributed by atoms with Gasteiger partial charge in [0.2, 0.25) is 11.6 Å². The van der Waals surface area contributed by atoms with Crippen molar-refractivity contribution < 1.29 is 4.42 Å². The van der Waals surface area contributed by atoms with E-state index in [1.807, 2.05) is 24.3 Å². The second-order valence-electron chi connectivity index (χ2n) is 3.62. The topological polar surface area (TPSA) is 64.9 Å². The van der Waals surface area contributed by atoms with Crippen LogP contribution in [-0.2, 0) is 0 Å². The van der Waals surface area contributed by atoms with Crippen molar-refractivity contribution in [3.05, 3.63) is 41.0 Å². The molecule has 0 bridgehead atoms. The Morgan fingerprint density at radius 3 is 2.71 bits per heavy atom. The first kappa shape index (κ1) is 10.3. The van der Waals surface area contributed by atoms with Gasteiger partial charge in [0.1, 0.15) is 5.52 Å². The van der Waals surface area contributed by atoms with E-state index >= 15 is 0 Å². The monoisotopic (exact) mass is 289 g/mol. The summed E-state index contributed by atoms with van der Waals surface area (Å²) in [5, 5.41) is 0. The minimum atomic E-state index is 0.497. The van der Waals surface area contributed by atoms with Gasteiger partial charge in [-0.15, -0.1) is 0 Å². The fourth-order valence-corrected chi connectivity index (χ4v) is 1.82. The summed E-state index contributed by atoms with van der Waals surface area (Å²) in [5.41, 5.74) is 8.29. The summed E-state index contributed by atoms with van der Waals surface area (Å²) in [6, 6.07) is 9.47. The molecule has 3 rings (SSSR count). The molecular weight excluding hydrogens is 282 g/mol. The molecule has 0 fully saturated rings. The molecule has 0 amide bonds. The van der Waals surface area contributed by atoms with Crippen LogP contribution in [0.5, 0.6) is 0 Å². The standard InChI is InChI=1S/C12H8BrN3O/c13-8-3-1-7(2-4-8)11-16-10-5-9(14)6-15-12(10)17-11/h1-6H,14H2. The highest BCUT2D eigenvalue weighted by molar-refractivity contribution is 9.10. The zero-order chi connectivity index (χ0) is 11.8. The molecule has 0 aliphatic carbocycles. The van der Waals surface area contributed by atoms with Gasteiger partial charge in [0.15, 0.2) is 0 Å². The summed E-state index contributed by atoms with van der Waals surface area (Å²) >= 11 is 3.38. The van der Waals surface area contributed by atoms with E-state index in [-0.39, 0.29) is 0 Å². The molecule has 84 valence electrons. The molecule has 2 aromatic heterocycles. The van der Waals surface area contributed by atoms with E-state index in [1.165, 1.54) is 0 Å². The third kappa shape index (κ3) is 1.89. The summed E-state index contributed by atoms with van der Waals surface area (Å²) in [5.74, 6) is 0.547. The van der Waals surface area contributed by atoms with E-state index in [9.17, 15) is 0 Å². The summed E-state index contributed by atoms with van der Waals surface area (Å²) in [6.45, 7) is 0. The Morgan fingerprint density at radius 2 is 1.94 bits per heavy atom. The van der Waals surface area contributed by atoms with E-state index in [1.54, 1.807) is 12.3 Å². The predicted octanol–water partition coefficient (Wildman–Crippen LogP) is 3.23. The van der Waals surface area contributed by atoms with Crippen LogP contribution in [0.3, 0.4) is 0 Å². The van der Waals surface area contributed by atoms with Gasteiger partial charge in [0.25, 0.3) is 0 Å². The molecule has 3 aromatic rings. The van der Waals surface area contributed by atoms with Crippen LogP contribution in [0.4, 0.5) is 5.69 Å². The molecule has 1 aromatic carbocycles. The number of hydrogen-bond donors (Lipinski definition) is 1. The van der Waals surface area contributed by atoms with Crippen LogP contribution in [0.15, 0.2) is 45.4 Å². The van der Waals surface area contributed by atoms with Crippen molar-refractivity contribution in [3.8, 4) is 11.5 Å². The van der Waals surface area contributed by atoms with Gasteiger partial charge >= 0.3 is 0 Å². The van der Waals surface area contributed by atoms with E-state index in [0.29, 0.717) is 22.8 Å². The maximum atomic E-state index is 5.64. The summed E-state index contributed by atoms with van der Waals surface area (Å²) in [7, 11) is 0. The molecule has 2 N–H and O–H groups in total. The van der Waals surface area contributed by atoms with Gasteiger partial charge in [-0.3, -0.25) is 0 Å². The first-order chi connectivity index (χ1) is 8.22. The number of nitrogens with zero attached hydrogens (tertiary/aromatic N) is 2. The van der Waals surface area contributed by atoms with Gasteiger partial charge in [-0.2, -0.15) is 0 Å². The smallest absolute Gasteiger partial charge is 0.247 e. The summed E-state index contributed by atoms with van der Waals surface area (Å²) in [4.78, 5) is 8.43. The average molecular weight is 290 g/mol. The van der Waals surface area contributed by atoms with Crippen LogP contribution in [0, 0.1) is 0 Å². The second kappa shape index (κ2) is 3.85. The van der Waals surface area contributed by atoms with Crippen LogP contribution in [0.2, 0.25) is 0 Å². The van der Waals surface area contributed by atoms with Crippen molar-refractivity contribution in [2.45, 2.75) is 0 Å². The first-order valence-corrected chi connectivity index (χ1v) is 5.80. The van der Waals surface area contributed by atoms with Crippen molar-refractivity contribution in [1.29, 1.82) is 0 Å². The van der Waals surface area contributed by atoms with E-state index in [2.05, 4.69) is 25.9 Å². The predicted molar refractivity (Wildman–Crippen MR) is 69.4 cm³/mol. The molecule has 0 radical (unpaired) electrons. The van der Waals surface area contributed by atoms with Crippen LogP contribution in [-0.4, -0.2) is 9.97 Å². The summed E-state index contributed by atoms with van der Waals surface area (Å²) < 4.78 is 6.57. The summed E-state index contributed by atoms with van der Waals surface area (Å²) in [6.07, 6.45) is 1.55. The number of aromatic nitrogens is 2. The third-order valence-corrected chi connectivity index (χ3v) is 2.89. The lowest BCUT2D eigenvalue weighted by Gasteiger charge is -1.93. The Kier molecular flexibility index (Phi) is 2.33. The lowest BCUT2D eigenvalue weighted by Crippen LogP contribution is -1.85. The lowest BCUT2D eigenvalue weighted by atomic mass is 10.2. The molecule has 0 unspecified atom stereocenters. The zero-order valence-electron chi connectivity index (χ0n) is 8.72. The van der Waals surface area contributed by atoms with Crippen molar-refractivity contribution in [2.75, 3.05) is 5.73 Å². The molecule has 0 saturated heterocycles. The van der Waals surface area contributed by atoms with Gasteiger partial charge in [-0.1, -0.05) is 15.9 Å². The van der Waals surface area contributed by atoms with Gasteiger partial charge in [-0.05, 0) is 30.3 Å². The van der Waals surface area contributed by atoms with Gasteiger partial charge < -0.3 is 10.2 Å². The maximum absolute atomic E-state index is 5.64. The van der Waals surface area contributed by atoms with Gasteiger partial charge in [-0.25, -0.2) is 9.97 Å². The third-order valence-electron chi connectivity index (χ3n) is 2.36. The number of hydrogen-bond acceptors (Lipinski definition) is 4. The molecule has 0 spiro atoms. The largest absolute Gasteiger partial charge is 0.418 e. The SMILES string of the molecule is Nc1cnc2oc(-c3ccc(Br)cc3)nc2c1. The molecule has 0 aliphatic rings. The van der Waals surface area contributed by atoms with Crippen LogP contribution in [0.25, 0.3) is 22.7 Å². The van der Waals surface area contributed by atoms with E-state index in [0.717, 1.165) is 10.0 Å². The number of halogens is 1. The van der Waals surface area contributed by atoms with E-state index < -0.39 is 0 Å². The number of nitrogens with two attached hydrogens (primary N) is 1. The van der Waals surface area contributed by atoms with Crippen molar-refractivity contribution in [3.63, 3.8) is 0 Å². The Balaban J connectivity index is 2.14. The zero-order valence-corrected chi connectivity index (χ0v) is 10.3. The highest BCUT2D eigenvalue weighted by atomic mass is 79.9. The first-order valence-electron chi connectivity index (χ1n) is 5.00. The average Bonchev–Trinajstić information content (AvgIpc) is 2.72. The number of anilines is 1. The Labute approximate surface area is 106 Å².